The van der Waals surface area contributed by atoms with Gasteiger partial charge in [-0.15, -0.1) is 0 Å². The number of nitrogens with zero attached hydrogens (tertiary/aromatic N) is 3. The average Bonchev–Trinajstić information content (AvgIpc) is 2.44. The molecule has 0 aliphatic rings. The van der Waals surface area contributed by atoms with Crippen LogP contribution in [0, 0.1) is 6.92 Å². The molecule has 0 aliphatic carbocycles. The predicted octanol–water partition coefficient (Wildman–Crippen LogP) is 0.454. The van der Waals surface area contributed by atoms with Crippen LogP contribution in [0.3, 0.4) is 0 Å². The van der Waals surface area contributed by atoms with Crippen LogP contribution in [-0.2, 0) is 6.42 Å². The minimum atomic E-state index is -0.276. The van der Waals surface area contributed by atoms with Crippen LogP contribution in [0.4, 0.5) is 5.95 Å². The van der Waals surface area contributed by atoms with E-state index in [1.807, 2.05) is 12.1 Å². The van der Waals surface area contributed by atoms with E-state index >= 15 is 0 Å². The second kappa shape index (κ2) is 6.58. The van der Waals surface area contributed by atoms with Gasteiger partial charge in [-0.2, -0.15) is 5.10 Å². The quantitative estimate of drug-likeness (QED) is 0.542. The molecule has 0 aromatic carbocycles. The average molecular weight is 273 g/mol. The Morgan fingerprint density at radius 1 is 1.50 bits per heavy atom. The Hall–Kier alpha value is -2.54. The second-order valence-corrected chi connectivity index (χ2v) is 4.08. The Morgan fingerprint density at radius 3 is 3.00 bits per heavy atom. The molecule has 0 fully saturated rings. The molecule has 0 radical (unpaired) electrons. The van der Waals surface area contributed by atoms with Crippen molar-refractivity contribution in [2.45, 2.75) is 13.3 Å². The lowest BCUT2D eigenvalue weighted by atomic mass is 10.2. The van der Waals surface area contributed by atoms with Gasteiger partial charge in [-0.1, -0.05) is 6.07 Å². The van der Waals surface area contributed by atoms with Crippen LogP contribution in [-0.4, -0.2) is 32.9 Å². The normalized spacial score (nSPS) is 10.9. The van der Waals surface area contributed by atoms with Crippen LogP contribution in [0.5, 0.6) is 0 Å². The molecular formula is C13H15N5O2. The largest absolute Gasteiger partial charge is 0.396 e. The second-order valence-electron chi connectivity index (χ2n) is 4.08. The fraction of sp³-hybridized carbons (Fsp3) is 0.231. The smallest absolute Gasteiger partial charge is 0.255 e. The highest BCUT2D eigenvalue weighted by molar-refractivity contribution is 5.77. The molecule has 0 spiro atoms. The van der Waals surface area contributed by atoms with Crippen molar-refractivity contribution in [2.24, 2.45) is 5.10 Å². The highest BCUT2D eigenvalue weighted by Crippen LogP contribution is 2.03. The van der Waals surface area contributed by atoms with E-state index in [1.54, 1.807) is 19.2 Å². The highest BCUT2D eigenvalue weighted by Gasteiger charge is 2.06. The number of hydrogen-bond acceptors (Lipinski definition) is 6. The first kappa shape index (κ1) is 13.9. The lowest BCUT2D eigenvalue weighted by Gasteiger charge is -2.05. The summed E-state index contributed by atoms with van der Waals surface area (Å²) < 4.78 is 0. The van der Waals surface area contributed by atoms with E-state index in [1.165, 1.54) is 6.21 Å². The number of nitrogens with one attached hydrogen (secondary N) is 2. The van der Waals surface area contributed by atoms with Crippen LogP contribution in [0.25, 0.3) is 0 Å². The molecule has 0 saturated heterocycles. The van der Waals surface area contributed by atoms with E-state index in [-0.39, 0.29) is 24.5 Å². The van der Waals surface area contributed by atoms with Gasteiger partial charge < -0.3 is 5.11 Å². The number of aromatic nitrogens is 3. The summed E-state index contributed by atoms with van der Waals surface area (Å²) in [5.74, 6) is 0.251. The minimum absolute atomic E-state index is 0.0871. The van der Waals surface area contributed by atoms with E-state index < -0.39 is 0 Å². The van der Waals surface area contributed by atoms with Gasteiger partial charge in [0, 0.05) is 24.8 Å². The predicted molar refractivity (Wildman–Crippen MR) is 75.8 cm³/mol. The summed E-state index contributed by atoms with van der Waals surface area (Å²) in [7, 11) is 0. The molecule has 3 N–H and O–H groups in total. The Kier molecular flexibility index (Phi) is 4.56. The first-order valence-electron chi connectivity index (χ1n) is 6.11. The van der Waals surface area contributed by atoms with Gasteiger partial charge in [0.25, 0.3) is 5.56 Å². The van der Waals surface area contributed by atoms with Crippen molar-refractivity contribution in [3.63, 3.8) is 0 Å². The topological polar surface area (TPSA) is 103 Å². The maximum atomic E-state index is 11.8. The number of H-pyrrole nitrogens is 1. The molecule has 2 aromatic rings. The number of aromatic amines is 1. The van der Waals surface area contributed by atoms with Crippen molar-refractivity contribution >= 4 is 12.2 Å². The number of rotatable bonds is 5. The summed E-state index contributed by atoms with van der Waals surface area (Å²) >= 11 is 0. The molecule has 0 aliphatic heterocycles. The van der Waals surface area contributed by atoms with Gasteiger partial charge in [-0.25, -0.2) is 10.4 Å². The van der Waals surface area contributed by atoms with Crippen LogP contribution in [0.2, 0.25) is 0 Å². The Balaban J connectivity index is 2.11. The van der Waals surface area contributed by atoms with E-state index in [0.29, 0.717) is 17.0 Å². The number of aliphatic hydroxyl groups is 1. The Labute approximate surface area is 115 Å². The van der Waals surface area contributed by atoms with Crippen molar-refractivity contribution in [1.82, 2.24) is 15.0 Å². The summed E-state index contributed by atoms with van der Waals surface area (Å²) in [6, 6.07) is 5.46. The number of hydrazone groups is 1. The van der Waals surface area contributed by atoms with Gasteiger partial charge in [0.05, 0.1) is 17.6 Å². The van der Waals surface area contributed by atoms with Crippen LogP contribution in [0.15, 0.2) is 34.3 Å². The summed E-state index contributed by atoms with van der Waals surface area (Å²) in [5, 5.41) is 12.8. The fourth-order valence-corrected chi connectivity index (χ4v) is 1.68. The summed E-state index contributed by atoms with van der Waals surface area (Å²) in [4.78, 5) is 22.6. The molecule has 0 amide bonds. The lowest BCUT2D eigenvalue weighted by molar-refractivity contribution is 0.298. The van der Waals surface area contributed by atoms with E-state index in [0.717, 1.165) is 0 Å². The van der Waals surface area contributed by atoms with Crippen molar-refractivity contribution in [1.29, 1.82) is 0 Å². The molecule has 2 aromatic heterocycles. The van der Waals surface area contributed by atoms with E-state index in [4.69, 9.17) is 5.11 Å². The van der Waals surface area contributed by atoms with Gasteiger partial charge in [0.2, 0.25) is 5.95 Å². The minimum Gasteiger partial charge on any atom is -0.396 e. The number of aliphatic hydroxyl groups excluding tert-OH is 1. The molecular weight excluding hydrogens is 258 g/mol. The first-order chi connectivity index (χ1) is 9.70. The third-order valence-corrected chi connectivity index (χ3v) is 2.64. The molecule has 2 heterocycles. The molecule has 0 unspecified atom stereocenters. The number of pyridine rings is 1. The number of aryl methyl sites for hydroxylation is 1. The molecule has 0 bridgehead atoms. The van der Waals surface area contributed by atoms with Gasteiger partial charge in [0.1, 0.15) is 0 Å². The monoisotopic (exact) mass is 273 g/mol. The van der Waals surface area contributed by atoms with Gasteiger partial charge >= 0.3 is 0 Å². The Morgan fingerprint density at radius 2 is 2.35 bits per heavy atom. The van der Waals surface area contributed by atoms with E-state index in [9.17, 15) is 4.79 Å². The first-order valence-corrected chi connectivity index (χ1v) is 6.11. The standard InChI is InChI=1S/C13H15N5O2/c1-9-11(5-7-19)12(20)17-13(16-9)18-15-8-10-4-2-3-6-14-10/h2-4,6,8,19H,5,7H2,1H3,(H2,16,17,18,20)/b15-8-. The zero-order chi connectivity index (χ0) is 14.4. The highest BCUT2D eigenvalue weighted by atomic mass is 16.3. The number of hydrogen-bond donors (Lipinski definition) is 3. The molecule has 7 nitrogen and oxygen atoms in total. The van der Waals surface area contributed by atoms with Crippen molar-refractivity contribution in [3.8, 4) is 0 Å². The van der Waals surface area contributed by atoms with Crippen LogP contribution in [0.1, 0.15) is 17.0 Å². The maximum Gasteiger partial charge on any atom is 0.255 e. The van der Waals surface area contributed by atoms with E-state index in [2.05, 4.69) is 25.5 Å². The Bertz CT molecular complexity index is 652. The molecule has 2 rings (SSSR count). The van der Waals surface area contributed by atoms with Gasteiger partial charge in [0.15, 0.2) is 0 Å². The van der Waals surface area contributed by atoms with Crippen molar-refractivity contribution < 1.29 is 5.11 Å². The third kappa shape index (κ3) is 3.48. The van der Waals surface area contributed by atoms with Crippen LogP contribution < -0.4 is 11.0 Å². The van der Waals surface area contributed by atoms with Crippen molar-refractivity contribution in [3.05, 3.63) is 51.7 Å². The zero-order valence-electron chi connectivity index (χ0n) is 11.0. The SMILES string of the molecule is Cc1nc(N/N=C\c2ccccn2)[nH]c(=O)c1CCO. The molecule has 20 heavy (non-hydrogen) atoms. The fourth-order valence-electron chi connectivity index (χ4n) is 1.68. The zero-order valence-corrected chi connectivity index (χ0v) is 11.0. The van der Waals surface area contributed by atoms with Crippen molar-refractivity contribution in [2.75, 3.05) is 12.0 Å². The molecule has 104 valence electrons. The van der Waals surface area contributed by atoms with Crippen LogP contribution >= 0.6 is 0 Å². The lowest BCUT2D eigenvalue weighted by Crippen LogP contribution is -2.19. The molecule has 7 heteroatoms. The summed E-state index contributed by atoms with van der Waals surface area (Å²) in [5.41, 5.74) is 4.11. The maximum absolute atomic E-state index is 11.8. The van der Waals surface area contributed by atoms with Gasteiger partial charge in [-0.05, 0) is 19.1 Å². The number of anilines is 1. The van der Waals surface area contributed by atoms with Gasteiger partial charge in [-0.3, -0.25) is 14.8 Å². The summed E-state index contributed by atoms with van der Waals surface area (Å²) in [6.45, 7) is 1.63. The molecule has 0 atom stereocenters. The third-order valence-electron chi connectivity index (χ3n) is 2.64. The summed E-state index contributed by atoms with van der Waals surface area (Å²) in [6.07, 6.45) is 3.47. The molecule has 0 saturated carbocycles.